The molecule has 3 aromatic rings. The van der Waals surface area contributed by atoms with Gasteiger partial charge in [-0.15, -0.1) is 0 Å². The molecule has 33 heavy (non-hydrogen) atoms. The topological polar surface area (TPSA) is 49.4 Å². The second-order valence-electron chi connectivity index (χ2n) is 8.59. The van der Waals surface area contributed by atoms with E-state index in [1.54, 1.807) is 23.1 Å². The number of aryl methyl sites for hydroxylation is 1. The second kappa shape index (κ2) is 11.4. The first-order valence-electron chi connectivity index (χ1n) is 11.3. The Balaban J connectivity index is 1.99. The SMILES string of the molecule is Cc1ccccc1CN(C(=O)Cc1ccccc1F)[C@@H](Cc1ccccc1)C(=O)NC(C)C. The first-order valence-corrected chi connectivity index (χ1v) is 11.3. The predicted molar refractivity (Wildman–Crippen MR) is 129 cm³/mol. The highest BCUT2D eigenvalue weighted by atomic mass is 19.1. The summed E-state index contributed by atoms with van der Waals surface area (Å²) in [4.78, 5) is 28.5. The van der Waals surface area contributed by atoms with Crippen LogP contribution in [0.5, 0.6) is 0 Å². The lowest BCUT2D eigenvalue weighted by molar-refractivity contribution is -0.141. The van der Waals surface area contributed by atoms with E-state index in [0.29, 0.717) is 12.0 Å². The highest BCUT2D eigenvalue weighted by Gasteiger charge is 2.31. The molecule has 3 rings (SSSR count). The molecule has 1 atom stereocenters. The fraction of sp³-hybridized carbons (Fsp3) is 0.286. The second-order valence-corrected chi connectivity index (χ2v) is 8.59. The molecule has 0 fully saturated rings. The van der Waals surface area contributed by atoms with E-state index in [9.17, 15) is 14.0 Å². The van der Waals surface area contributed by atoms with E-state index in [2.05, 4.69) is 5.32 Å². The number of carbonyl (C=O) groups excluding carboxylic acids is 2. The van der Waals surface area contributed by atoms with Crippen LogP contribution in [-0.2, 0) is 29.0 Å². The molecule has 0 heterocycles. The van der Waals surface area contributed by atoms with Gasteiger partial charge in [0.1, 0.15) is 11.9 Å². The molecule has 1 N–H and O–H groups in total. The average Bonchev–Trinajstić information content (AvgIpc) is 2.79. The van der Waals surface area contributed by atoms with Gasteiger partial charge in [-0.25, -0.2) is 4.39 Å². The van der Waals surface area contributed by atoms with Gasteiger partial charge < -0.3 is 10.2 Å². The molecule has 2 amide bonds. The smallest absolute Gasteiger partial charge is 0.243 e. The van der Waals surface area contributed by atoms with E-state index >= 15 is 0 Å². The molecule has 0 bridgehead atoms. The van der Waals surface area contributed by atoms with Crippen molar-refractivity contribution in [2.24, 2.45) is 0 Å². The van der Waals surface area contributed by atoms with E-state index in [4.69, 9.17) is 0 Å². The summed E-state index contributed by atoms with van der Waals surface area (Å²) >= 11 is 0. The monoisotopic (exact) mass is 446 g/mol. The van der Waals surface area contributed by atoms with Crippen molar-refractivity contribution in [3.8, 4) is 0 Å². The van der Waals surface area contributed by atoms with Gasteiger partial charge in [-0.1, -0.05) is 72.8 Å². The Bertz CT molecular complexity index is 1080. The number of rotatable bonds is 9. The summed E-state index contributed by atoms with van der Waals surface area (Å²) < 4.78 is 14.3. The molecule has 3 aromatic carbocycles. The molecule has 0 saturated heterocycles. The maximum absolute atomic E-state index is 14.3. The molecule has 0 unspecified atom stereocenters. The molecule has 0 saturated carbocycles. The third-order valence-corrected chi connectivity index (χ3v) is 5.60. The number of hydrogen-bond acceptors (Lipinski definition) is 2. The Morgan fingerprint density at radius 1 is 0.879 bits per heavy atom. The predicted octanol–water partition coefficient (Wildman–Crippen LogP) is 4.84. The van der Waals surface area contributed by atoms with Crippen molar-refractivity contribution in [3.63, 3.8) is 0 Å². The van der Waals surface area contributed by atoms with E-state index in [0.717, 1.165) is 16.7 Å². The fourth-order valence-corrected chi connectivity index (χ4v) is 3.81. The lowest BCUT2D eigenvalue weighted by atomic mass is 10.00. The Morgan fingerprint density at radius 2 is 1.48 bits per heavy atom. The highest BCUT2D eigenvalue weighted by molar-refractivity contribution is 5.89. The summed E-state index contributed by atoms with van der Waals surface area (Å²) in [5.74, 6) is -0.930. The van der Waals surface area contributed by atoms with Gasteiger partial charge in [0.05, 0.1) is 6.42 Å². The number of benzene rings is 3. The van der Waals surface area contributed by atoms with Gasteiger partial charge in [-0.2, -0.15) is 0 Å². The van der Waals surface area contributed by atoms with Crippen molar-refractivity contribution >= 4 is 11.8 Å². The van der Waals surface area contributed by atoms with Crippen molar-refractivity contribution in [2.75, 3.05) is 0 Å². The first kappa shape index (κ1) is 24.2. The maximum atomic E-state index is 14.3. The van der Waals surface area contributed by atoms with Gasteiger partial charge in [-0.05, 0) is 49.1 Å². The largest absolute Gasteiger partial charge is 0.352 e. The number of nitrogens with zero attached hydrogens (tertiary/aromatic N) is 1. The first-order chi connectivity index (χ1) is 15.8. The molecular weight excluding hydrogens is 415 g/mol. The zero-order chi connectivity index (χ0) is 23.8. The van der Waals surface area contributed by atoms with E-state index < -0.39 is 11.9 Å². The fourth-order valence-electron chi connectivity index (χ4n) is 3.81. The zero-order valence-corrected chi connectivity index (χ0v) is 19.4. The van der Waals surface area contributed by atoms with Crippen LogP contribution in [0, 0.1) is 12.7 Å². The Hall–Kier alpha value is -3.47. The molecule has 4 nitrogen and oxygen atoms in total. The van der Waals surface area contributed by atoms with Gasteiger partial charge in [-0.3, -0.25) is 9.59 Å². The zero-order valence-electron chi connectivity index (χ0n) is 19.4. The van der Waals surface area contributed by atoms with Gasteiger partial charge in [0.15, 0.2) is 0 Å². The average molecular weight is 447 g/mol. The third-order valence-electron chi connectivity index (χ3n) is 5.60. The molecule has 0 aromatic heterocycles. The van der Waals surface area contributed by atoms with Crippen LogP contribution in [-0.4, -0.2) is 28.8 Å². The van der Waals surface area contributed by atoms with Crippen LogP contribution >= 0.6 is 0 Å². The van der Waals surface area contributed by atoms with Gasteiger partial charge >= 0.3 is 0 Å². The molecule has 172 valence electrons. The molecule has 0 spiro atoms. The van der Waals surface area contributed by atoms with Crippen molar-refractivity contribution in [1.82, 2.24) is 10.2 Å². The normalized spacial score (nSPS) is 11.8. The minimum atomic E-state index is -0.728. The van der Waals surface area contributed by atoms with Crippen molar-refractivity contribution < 1.29 is 14.0 Å². The minimum Gasteiger partial charge on any atom is -0.352 e. The quantitative estimate of drug-likeness (QED) is 0.511. The van der Waals surface area contributed by atoms with Gasteiger partial charge in [0, 0.05) is 19.0 Å². The lowest BCUT2D eigenvalue weighted by Crippen LogP contribution is -2.52. The Morgan fingerprint density at radius 3 is 2.12 bits per heavy atom. The van der Waals surface area contributed by atoms with Crippen molar-refractivity contribution in [2.45, 2.75) is 52.2 Å². The number of carbonyl (C=O) groups is 2. The van der Waals surface area contributed by atoms with Crippen LogP contribution in [0.4, 0.5) is 4.39 Å². The number of hydrogen-bond donors (Lipinski definition) is 1. The standard InChI is InChI=1S/C28H31FN2O2/c1-20(2)30-28(33)26(17-22-12-5-4-6-13-22)31(19-24-15-8-7-11-21(24)3)27(32)18-23-14-9-10-16-25(23)29/h4-16,20,26H,17-19H2,1-3H3,(H,30,33)/t26-/m0/s1. The highest BCUT2D eigenvalue weighted by Crippen LogP contribution is 2.19. The molecule has 0 radical (unpaired) electrons. The Labute approximate surface area is 195 Å². The van der Waals surface area contributed by atoms with Gasteiger partial charge in [0.25, 0.3) is 0 Å². The summed E-state index contributed by atoms with van der Waals surface area (Å²) in [6.45, 7) is 6.03. The van der Waals surface area contributed by atoms with E-state index in [1.165, 1.54) is 6.07 Å². The number of halogens is 1. The van der Waals surface area contributed by atoms with Crippen LogP contribution in [0.3, 0.4) is 0 Å². The summed E-state index contributed by atoms with van der Waals surface area (Å²) in [5, 5.41) is 2.97. The summed E-state index contributed by atoms with van der Waals surface area (Å²) in [7, 11) is 0. The molecule has 0 aliphatic heterocycles. The van der Waals surface area contributed by atoms with Crippen molar-refractivity contribution in [3.05, 3.63) is 107 Å². The lowest BCUT2D eigenvalue weighted by Gasteiger charge is -2.32. The number of amides is 2. The maximum Gasteiger partial charge on any atom is 0.243 e. The van der Waals surface area contributed by atoms with E-state index in [-0.39, 0.29) is 30.8 Å². The van der Waals surface area contributed by atoms with Crippen molar-refractivity contribution in [1.29, 1.82) is 0 Å². The third kappa shape index (κ3) is 6.75. The molecule has 5 heteroatoms. The van der Waals surface area contributed by atoms with Crippen LogP contribution in [0.15, 0.2) is 78.9 Å². The molecule has 0 aliphatic carbocycles. The minimum absolute atomic E-state index is 0.0715. The summed E-state index contributed by atoms with van der Waals surface area (Å²) in [6, 6.07) is 22.9. The van der Waals surface area contributed by atoms with Crippen LogP contribution in [0.2, 0.25) is 0 Å². The summed E-state index contributed by atoms with van der Waals surface area (Å²) in [5.41, 5.74) is 3.26. The van der Waals surface area contributed by atoms with Crippen LogP contribution < -0.4 is 5.32 Å². The Kier molecular flexibility index (Phi) is 8.36. The summed E-state index contributed by atoms with van der Waals surface area (Å²) in [6.07, 6.45) is 0.257. The molecule has 0 aliphatic rings. The van der Waals surface area contributed by atoms with Crippen LogP contribution in [0.25, 0.3) is 0 Å². The number of nitrogens with one attached hydrogen (secondary N) is 1. The van der Waals surface area contributed by atoms with Crippen LogP contribution in [0.1, 0.15) is 36.1 Å². The van der Waals surface area contributed by atoms with E-state index in [1.807, 2.05) is 75.4 Å². The van der Waals surface area contributed by atoms with Gasteiger partial charge in [0.2, 0.25) is 11.8 Å². The molecular formula is C28H31FN2O2.